The fraction of sp³-hybridized carbons (Fsp3) is 0.443. The first-order chi connectivity index (χ1) is 39.4. The van der Waals surface area contributed by atoms with E-state index >= 15 is 9.59 Å². The third-order valence-electron chi connectivity index (χ3n) is 20.1. The summed E-state index contributed by atoms with van der Waals surface area (Å²) >= 11 is 0. The van der Waals surface area contributed by atoms with Gasteiger partial charge in [-0.25, -0.2) is 9.59 Å². The van der Waals surface area contributed by atoms with Gasteiger partial charge >= 0.3 is 17.6 Å². The molecule has 4 heterocycles. The van der Waals surface area contributed by atoms with Gasteiger partial charge in [-0.1, -0.05) is 128 Å². The lowest BCUT2D eigenvalue weighted by atomic mass is 9.67. The Morgan fingerprint density at radius 2 is 1.57 bits per heavy atom. The average Bonchev–Trinajstić information content (AvgIpc) is 4.30. The molecule has 0 radical (unpaired) electrons. The summed E-state index contributed by atoms with van der Waals surface area (Å²) in [6.07, 6.45) is 11.4. The Labute approximate surface area is 475 Å². The first kappa shape index (κ1) is 54.9. The SMILES string of the molecule is COCC(CCO)c1c(CO)c2ccc3c(c2oc1=O)C1OC(=O)CC2CC(c4cccc(C5(c6ccccc6)CCCC5)c4)CCC2c2ccc(cc2)CCC(=C(C)CO)C(=O)OC1C(C)(C1CC2C=Cc4ccccc4C2C1)O3. The van der Waals surface area contributed by atoms with E-state index in [4.69, 9.17) is 23.4 Å². The number of ether oxygens (including phenoxy) is 4. The molecule has 3 fully saturated rings. The van der Waals surface area contributed by atoms with E-state index in [9.17, 15) is 20.1 Å². The molecule has 2 bridgehead atoms. The number of hydrogen-bond acceptors (Lipinski definition) is 11. The zero-order valence-electron chi connectivity index (χ0n) is 46.9. The zero-order valence-corrected chi connectivity index (χ0v) is 46.9. The van der Waals surface area contributed by atoms with Crippen LogP contribution in [0.5, 0.6) is 5.75 Å². The summed E-state index contributed by atoms with van der Waals surface area (Å²) in [5, 5.41) is 32.4. The number of aliphatic hydroxyl groups is 3. The van der Waals surface area contributed by atoms with E-state index in [1.807, 2.05) is 13.0 Å². The topological polar surface area (TPSA) is 162 Å². The fourth-order valence-electron chi connectivity index (χ4n) is 15.8. The molecule has 0 amide bonds. The summed E-state index contributed by atoms with van der Waals surface area (Å²) in [6, 6.07) is 40.8. The lowest BCUT2D eigenvalue weighted by Gasteiger charge is -2.48. The molecule has 3 N–H and O–H groups in total. The van der Waals surface area contributed by atoms with Gasteiger partial charge in [0.2, 0.25) is 0 Å². The third kappa shape index (κ3) is 10.1. The molecule has 3 aliphatic heterocycles. The Bertz CT molecular complexity index is 3420. The maximum atomic E-state index is 15.7. The fourth-order valence-corrected chi connectivity index (χ4v) is 15.8. The average molecular weight is 1090 g/mol. The van der Waals surface area contributed by atoms with Crippen molar-refractivity contribution in [2.45, 2.75) is 151 Å². The van der Waals surface area contributed by atoms with E-state index in [1.165, 1.54) is 47.8 Å². The smallest absolute Gasteiger partial charge is 0.340 e. The van der Waals surface area contributed by atoms with Crippen molar-refractivity contribution in [3.8, 4) is 5.75 Å². The van der Waals surface area contributed by atoms with E-state index in [2.05, 4.69) is 109 Å². The molecule has 4 aliphatic carbocycles. The van der Waals surface area contributed by atoms with Gasteiger partial charge in [0, 0.05) is 53.9 Å². The number of aliphatic hydroxyl groups excluding tert-OH is 3. The molecule has 3 saturated carbocycles. The van der Waals surface area contributed by atoms with Crippen molar-refractivity contribution in [2.24, 2.45) is 17.8 Å². The molecule has 81 heavy (non-hydrogen) atoms. The van der Waals surface area contributed by atoms with Crippen LogP contribution in [-0.4, -0.2) is 65.9 Å². The van der Waals surface area contributed by atoms with Gasteiger partial charge in [0.25, 0.3) is 0 Å². The van der Waals surface area contributed by atoms with Crippen molar-refractivity contribution in [1.29, 1.82) is 0 Å². The van der Waals surface area contributed by atoms with Crippen molar-refractivity contribution >= 4 is 29.0 Å². The van der Waals surface area contributed by atoms with E-state index < -0.39 is 47.9 Å². The van der Waals surface area contributed by atoms with Crippen molar-refractivity contribution in [1.82, 2.24) is 0 Å². The van der Waals surface area contributed by atoms with Crippen LogP contribution in [0, 0.1) is 17.8 Å². The predicted octanol–water partition coefficient (Wildman–Crippen LogP) is 12.8. The molecule has 5 aromatic carbocycles. The van der Waals surface area contributed by atoms with Crippen molar-refractivity contribution in [3.05, 3.63) is 199 Å². The summed E-state index contributed by atoms with van der Waals surface area (Å²) in [5.41, 5.74) is 8.05. The second kappa shape index (κ2) is 23.0. The number of rotatable bonds is 11. The molecule has 0 spiro atoms. The van der Waals surface area contributed by atoms with E-state index in [-0.39, 0.29) is 96.7 Å². The highest BCUT2D eigenvalue weighted by Crippen LogP contribution is 2.58. The second-order valence-electron chi connectivity index (χ2n) is 24.4. The minimum Gasteiger partial charge on any atom is -0.483 e. The van der Waals surface area contributed by atoms with Gasteiger partial charge in [0.1, 0.15) is 16.9 Å². The normalized spacial score (nSPS) is 27.9. The van der Waals surface area contributed by atoms with Crippen LogP contribution in [0.3, 0.4) is 0 Å². The summed E-state index contributed by atoms with van der Waals surface area (Å²) in [7, 11) is 1.51. The van der Waals surface area contributed by atoms with E-state index in [1.54, 1.807) is 19.1 Å². The molecule has 10 atom stereocenters. The second-order valence-corrected chi connectivity index (χ2v) is 24.4. The highest BCUT2D eigenvalue weighted by atomic mass is 16.6. The largest absolute Gasteiger partial charge is 0.483 e. The Morgan fingerprint density at radius 3 is 2.33 bits per heavy atom. The van der Waals surface area contributed by atoms with Crippen LogP contribution in [0.2, 0.25) is 0 Å². The highest BCUT2D eigenvalue weighted by Gasteiger charge is 2.59. The highest BCUT2D eigenvalue weighted by molar-refractivity contribution is 5.90. The van der Waals surface area contributed by atoms with Crippen LogP contribution in [-0.2, 0) is 42.2 Å². The van der Waals surface area contributed by atoms with Gasteiger partial charge in [0.15, 0.2) is 12.2 Å². The van der Waals surface area contributed by atoms with Crippen molar-refractivity contribution < 1.29 is 48.3 Å². The minimum atomic E-state index is -1.35. The number of allylic oxidation sites excluding steroid dienone is 1. The molecule has 10 unspecified atom stereocenters. The van der Waals surface area contributed by atoms with Crippen LogP contribution in [0.1, 0.15) is 176 Å². The summed E-state index contributed by atoms with van der Waals surface area (Å²) < 4.78 is 33.3. The molecule has 13 rings (SSSR count). The molecular formula is C70H76O11. The summed E-state index contributed by atoms with van der Waals surface area (Å²) in [5.74, 6) is -1.28. The van der Waals surface area contributed by atoms with Crippen molar-refractivity contribution in [2.75, 3.05) is 26.9 Å². The molecule has 7 aliphatic rings. The van der Waals surface area contributed by atoms with Gasteiger partial charge in [0.05, 0.1) is 25.4 Å². The van der Waals surface area contributed by atoms with Crippen LogP contribution in [0.25, 0.3) is 17.0 Å². The monoisotopic (exact) mass is 1090 g/mol. The molecule has 11 nitrogen and oxygen atoms in total. The molecule has 422 valence electrons. The van der Waals surface area contributed by atoms with E-state index in [0.717, 1.165) is 43.2 Å². The van der Waals surface area contributed by atoms with Crippen LogP contribution < -0.4 is 10.4 Å². The number of aryl methyl sites for hydroxylation is 1. The first-order valence-corrected chi connectivity index (χ1v) is 29.7. The van der Waals surface area contributed by atoms with Crippen LogP contribution in [0.4, 0.5) is 0 Å². The quantitative estimate of drug-likeness (QED) is 0.0643. The number of fused-ring (bicyclic) bond motifs is 14. The summed E-state index contributed by atoms with van der Waals surface area (Å²) in [4.78, 5) is 45.6. The molecular weight excluding hydrogens is 1020 g/mol. The molecule has 6 aromatic rings. The number of carbonyl (C=O) groups excluding carboxylic acids is 2. The first-order valence-electron chi connectivity index (χ1n) is 29.7. The van der Waals surface area contributed by atoms with Gasteiger partial charge in [-0.2, -0.15) is 0 Å². The Morgan fingerprint density at radius 1 is 0.790 bits per heavy atom. The number of hydrogen-bond donors (Lipinski definition) is 3. The molecule has 0 saturated heterocycles. The lowest BCUT2D eigenvalue weighted by molar-refractivity contribution is -0.199. The maximum Gasteiger partial charge on any atom is 0.340 e. The van der Waals surface area contributed by atoms with Gasteiger partial charge in [-0.3, -0.25) is 4.79 Å². The van der Waals surface area contributed by atoms with Crippen LogP contribution >= 0.6 is 0 Å². The molecule has 1 aromatic heterocycles. The van der Waals surface area contributed by atoms with Crippen LogP contribution in [0.15, 0.2) is 142 Å². The Balaban J connectivity index is 0.992. The number of benzene rings is 5. The number of methoxy groups -OCH3 is 1. The van der Waals surface area contributed by atoms with E-state index in [0.29, 0.717) is 47.1 Å². The number of esters is 2. The summed E-state index contributed by atoms with van der Waals surface area (Å²) in [6.45, 7) is 2.64. The lowest BCUT2D eigenvalue weighted by Crippen LogP contribution is -2.58. The minimum absolute atomic E-state index is 0.0403. The Kier molecular flexibility index (Phi) is 15.6. The zero-order chi connectivity index (χ0) is 56.0. The number of carbonyl (C=O) groups is 2. The van der Waals surface area contributed by atoms with Gasteiger partial charge < -0.3 is 38.7 Å². The standard InChI is InChI=1S/C70H76O11/c1-42(39-72)54-26-20-43-18-21-45(22-19-43)55-27-25-47(46-13-11-16-52(35-46)70(31-9-10-32-70)51-14-5-4-6-15-51)34-50(55)37-61(74)78-65-63-60(29-28-57-59(40-73)62(68(76)79-64(57)63)49(30-33-71)41-77-3)81-69(2,66(65)80-67(54)75)53-36-48-24-23-44-12-7-8-17-56(44)58(48)38-53/h4-8,11-19,21-24,28-29,35,47-50,53,55,58,65-66,71-73H,9-10,20,25-27,30-34,36-41H2,1-3H3. The Hall–Kier alpha value is -6.63. The van der Waals surface area contributed by atoms with Crippen molar-refractivity contribution in [3.63, 3.8) is 0 Å². The maximum absolute atomic E-state index is 15.7. The predicted molar refractivity (Wildman–Crippen MR) is 311 cm³/mol. The molecule has 11 heteroatoms. The third-order valence-corrected chi connectivity index (χ3v) is 20.1. The van der Waals surface area contributed by atoms with Gasteiger partial charge in [-0.05, 0) is 170 Å². The van der Waals surface area contributed by atoms with Gasteiger partial charge in [-0.15, -0.1) is 0 Å².